The summed E-state index contributed by atoms with van der Waals surface area (Å²) in [4.78, 5) is 10.9. The molecule has 0 saturated heterocycles. The Hall–Kier alpha value is -1.85. The second-order valence-corrected chi connectivity index (χ2v) is 6.33. The molecule has 0 bridgehead atoms. The molecule has 0 saturated carbocycles. The molecule has 0 aliphatic heterocycles. The van der Waals surface area contributed by atoms with E-state index in [1.807, 2.05) is 30.3 Å². The van der Waals surface area contributed by atoms with Crippen molar-refractivity contribution in [2.75, 3.05) is 6.61 Å². The highest BCUT2D eigenvalue weighted by Gasteiger charge is 2.26. The standard InChI is InChI=1S/C20H25NO3.BrH/c1-20(21,19(22)23)13-5-6-14-24-18-11-9-17(10-12-18)15-16-7-3-2-4-8-16;/h2-4,7-12H,5-6,13-15,21H2,1H3,(H,22,23);1H/t20-;/m0./s1. The average molecular weight is 408 g/mol. The third kappa shape index (κ3) is 7.28. The molecule has 2 aromatic rings. The SMILES string of the molecule is Br.C[C@](N)(CCCCOc1ccc(Cc2ccccc2)cc1)C(=O)O. The second kappa shape index (κ2) is 10.2. The molecule has 0 radical (unpaired) electrons. The summed E-state index contributed by atoms with van der Waals surface area (Å²) in [6.07, 6.45) is 2.87. The van der Waals surface area contributed by atoms with Crippen LogP contribution in [-0.2, 0) is 11.2 Å². The highest BCUT2D eigenvalue weighted by molar-refractivity contribution is 8.93. The van der Waals surface area contributed by atoms with Crippen LogP contribution in [-0.4, -0.2) is 23.2 Å². The van der Waals surface area contributed by atoms with Crippen LogP contribution in [0.1, 0.15) is 37.3 Å². The summed E-state index contributed by atoms with van der Waals surface area (Å²) in [6, 6.07) is 18.4. The van der Waals surface area contributed by atoms with Gasteiger partial charge in [-0.3, -0.25) is 4.79 Å². The van der Waals surface area contributed by atoms with Crippen molar-refractivity contribution >= 4 is 23.0 Å². The van der Waals surface area contributed by atoms with E-state index in [4.69, 9.17) is 15.6 Å². The lowest BCUT2D eigenvalue weighted by atomic mass is 9.97. The van der Waals surface area contributed by atoms with Gasteiger partial charge in [-0.15, -0.1) is 17.0 Å². The summed E-state index contributed by atoms with van der Waals surface area (Å²) in [7, 11) is 0. The number of rotatable bonds is 9. The predicted molar refractivity (Wildman–Crippen MR) is 106 cm³/mol. The van der Waals surface area contributed by atoms with Crippen LogP contribution < -0.4 is 10.5 Å². The third-order valence-corrected chi connectivity index (χ3v) is 4.02. The Labute approximate surface area is 159 Å². The highest BCUT2D eigenvalue weighted by atomic mass is 79.9. The van der Waals surface area contributed by atoms with E-state index in [-0.39, 0.29) is 17.0 Å². The van der Waals surface area contributed by atoms with Gasteiger partial charge in [-0.2, -0.15) is 0 Å². The van der Waals surface area contributed by atoms with Crippen LogP contribution in [0.5, 0.6) is 5.75 Å². The Bertz CT molecular complexity index is 642. The number of hydrogen-bond acceptors (Lipinski definition) is 3. The minimum Gasteiger partial charge on any atom is -0.494 e. The predicted octanol–water partition coefficient (Wildman–Crippen LogP) is 4.21. The molecular formula is C20H26BrNO3. The number of nitrogens with two attached hydrogens (primary N) is 1. The van der Waals surface area contributed by atoms with E-state index in [2.05, 4.69) is 24.3 Å². The molecule has 0 aliphatic carbocycles. The highest BCUT2D eigenvalue weighted by Crippen LogP contribution is 2.16. The monoisotopic (exact) mass is 407 g/mol. The molecule has 0 aromatic heterocycles. The fraction of sp³-hybridized carbons (Fsp3) is 0.350. The number of aliphatic carboxylic acids is 1. The Morgan fingerprint density at radius 2 is 1.64 bits per heavy atom. The summed E-state index contributed by atoms with van der Waals surface area (Å²) in [5, 5.41) is 8.95. The molecule has 0 unspecified atom stereocenters. The molecule has 0 heterocycles. The van der Waals surface area contributed by atoms with Crippen molar-refractivity contribution < 1.29 is 14.6 Å². The van der Waals surface area contributed by atoms with Crippen LogP contribution in [0, 0.1) is 0 Å². The molecule has 1 atom stereocenters. The molecule has 2 aromatic carbocycles. The molecule has 136 valence electrons. The van der Waals surface area contributed by atoms with Crippen LogP contribution in [0.4, 0.5) is 0 Å². The number of halogens is 1. The number of benzene rings is 2. The topological polar surface area (TPSA) is 72.5 Å². The van der Waals surface area contributed by atoms with Crippen LogP contribution in [0.25, 0.3) is 0 Å². The largest absolute Gasteiger partial charge is 0.494 e. The minimum atomic E-state index is -1.15. The smallest absolute Gasteiger partial charge is 0.323 e. The molecule has 0 aliphatic rings. The van der Waals surface area contributed by atoms with Crippen molar-refractivity contribution in [3.05, 3.63) is 65.7 Å². The summed E-state index contributed by atoms with van der Waals surface area (Å²) in [5.74, 6) is -0.127. The third-order valence-electron chi connectivity index (χ3n) is 4.02. The molecule has 4 nitrogen and oxygen atoms in total. The molecule has 25 heavy (non-hydrogen) atoms. The van der Waals surface area contributed by atoms with Crippen molar-refractivity contribution in [3.63, 3.8) is 0 Å². The van der Waals surface area contributed by atoms with E-state index in [1.54, 1.807) is 6.92 Å². The lowest BCUT2D eigenvalue weighted by molar-refractivity contribution is -0.142. The zero-order chi connectivity index (χ0) is 17.4. The van der Waals surface area contributed by atoms with Crippen molar-refractivity contribution in [3.8, 4) is 5.75 Å². The lowest BCUT2D eigenvalue weighted by Gasteiger charge is -2.18. The van der Waals surface area contributed by atoms with E-state index in [0.29, 0.717) is 13.0 Å². The molecule has 0 amide bonds. The van der Waals surface area contributed by atoms with Crippen LogP contribution in [0.2, 0.25) is 0 Å². The van der Waals surface area contributed by atoms with Gasteiger partial charge < -0.3 is 15.6 Å². The van der Waals surface area contributed by atoms with Gasteiger partial charge in [0.25, 0.3) is 0 Å². The normalized spacial score (nSPS) is 12.7. The van der Waals surface area contributed by atoms with Gasteiger partial charge in [-0.25, -0.2) is 0 Å². The first-order valence-corrected chi connectivity index (χ1v) is 8.25. The first-order chi connectivity index (χ1) is 11.5. The van der Waals surface area contributed by atoms with Gasteiger partial charge in [0.05, 0.1) is 6.61 Å². The Morgan fingerprint density at radius 3 is 2.24 bits per heavy atom. The van der Waals surface area contributed by atoms with Gasteiger partial charge in [0, 0.05) is 0 Å². The van der Waals surface area contributed by atoms with E-state index in [0.717, 1.165) is 25.0 Å². The van der Waals surface area contributed by atoms with E-state index in [1.165, 1.54) is 11.1 Å². The first-order valence-electron chi connectivity index (χ1n) is 8.25. The summed E-state index contributed by atoms with van der Waals surface area (Å²) in [5.41, 5.74) is 7.07. The van der Waals surface area contributed by atoms with Gasteiger partial charge in [-0.05, 0) is 55.9 Å². The van der Waals surface area contributed by atoms with Crippen molar-refractivity contribution in [2.24, 2.45) is 5.73 Å². The molecule has 3 N–H and O–H groups in total. The van der Waals surface area contributed by atoms with Crippen LogP contribution in [0.3, 0.4) is 0 Å². The maximum Gasteiger partial charge on any atom is 0.323 e. The number of carboxylic acid groups (broad SMARTS) is 1. The summed E-state index contributed by atoms with van der Waals surface area (Å²) in [6.45, 7) is 2.11. The van der Waals surface area contributed by atoms with Crippen molar-refractivity contribution in [2.45, 2.75) is 38.1 Å². The van der Waals surface area contributed by atoms with Gasteiger partial charge in [0.15, 0.2) is 0 Å². The zero-order valence-electron chi connectivity index (χ0n) is 14.5. The van der Waals surface area contributed by atoms with E-state index >= 15 is 0 Å². The number of carboxylic acids is 1. The number of carbonyl (C=O) groups is 1. The van der Waals surface area contributed by atoms with Crippen molar-refractivity contribution in [1.29, 1.82) is 0 Å². The first kappa shape index (κ1) is 21.2. The quantitative estimate of drug-likeness (QED) is 0.610. The average Bonchev–Trinajstić information content (AvgIpc) is 2.57. The fourth-order valence-corrected chi connectivity index (χ4v) is 2.43. The van der Waals surface area contributed by atoms with E-state index < -0.39 is 11.5 Å². The maximum absolute atomic E-state index is 10.9. The number of ether oxygens (including phenoxy) is 1. The summed E-state index contributed by atoms with van der Waals surface area (Å²) < 4.78 is 5.70. The maximum atomic E-state index is 10.9. The molecule has 0 fully saturated rings. The Balaban J connectivity index is 0.00000312. The van der Waals surface area contributed by atoms with Crippen LogP contribution in [0.15, 0.2) is 54.6 Å². The fourth-order valence-electron chi connectivity index (χ4n) is 2.43. The number of hydrogen-bond donors (Lipinski definition) is 2. The lowest BCUT2D eigenvalue weighted by Crippen LogP contribution is -2.44. The minimum absolute atomic E-state index is 0. The van der Waals surface area contributed by atoms with E-state index in [9.17, 15) is 4.79 Å². The Kier molecular flexibility index (Phi) is 8.66. The zero-order valence-corrected chi connectivity index (χ0v) is 16.2. The molecular weight excluding hydrogens is 382 g/mol. The number of unbranched alkanes of at least 4 members (excludes halogenated alkanes) is 1. The summed E-state index contributed by atoms with van der Waals surface area (Å²) >= 11 is 0. The van der Waals surface area contributed by atoms with Gasteiger partial charge >= 0.3 is 5.97 Å². The van der Waals surface area contributed by atoms with Gasteiger partial charge in [0.2, 0.25) is 0 Å². The molecule has 0 spiro atoms. The Morgan fingerprint density at radius 1 is 1.04 bits per heavy atom. The van der Waals surface area contributed by atoms with Crippen LogP contribution >= 0.6 is 17.0 Å². The van der Waals surface area contributed by atoms with Gasteiger partial charge in [-0.1, -0.05) is 42.5 Å². The second-order valence-electron chi connectivity index (χ2n) is 6.33. The molecule has 2 rings (SSSR count). The van der Waals surface area contributed by atoms with Crippen molar-refractivity contribution in [1.82, 2.24) is 0 Å². The van der Waals surface area contributed by atoms with Gasteiger partial charge in [0.1, 0.15) is 11.3 Å². The molecule has 5 heteroatoms.